The molecule has 4 nitrogen and oxygen atoms in total. The van der Waals surface area contributed by atoms with E-state index >= 15 is 0 Å². The lowest BCUT2D eigenvalue weighted by atomic mass is 10.2. The number of ether oxygens (including phenoxy) is 2. The van der Waals surface area contributed by atoms with Gasteiger partial charge >= 0.3 is 0 Å². The van der Waals surface area contributed by atoms with Crippen molar-refractivity contribution in [1.82, 2.24) is 5.32 Å². The van der Waals surface area contributed by atoms with Crippen LogP contribution in [-0.2, 0) is 0 Å². The highest BCUT2D eigenvalue weighted by Crippen LogP contribution is 2.22. The first-order valence-electron chi connectivity index (χ1n) is 6.50. The van der Waals surface area contributed by atoms with Crippen LogP contribution in [-0.4, -0.2) is 26.2 Å². The van der Waals surface area contributed by atoms with Crippen molar-refractivity contribution in [3.63, 3.8) is 0 Å². The highest BCUT2D eigenvalue weighted by molar-refractivity contribution is 6.32. The van der Waals surface area contributed by atoms with Gasteiger partial charge in [0.1, 0.15) is 18.1 Å². The van der Waals surface area contributed by atoms with Gasteiger partial charge in [-0.25, -0.2) is 0 Å². The van der Waals surface area contributed by atoms with Gasteiger partial charge in [0.15, 0.2) is 0 Å². The Labute approximate surface area is 128 Å². The number of hydrogen-bond donors (Lipinski definition) is 1. The summed E-state index contributed by atoms with van der Waals surface area (Å²) in [6.07, 6.45) is 0. The second kappa shape index (κ2) is 7.55. The van der Waals surface area contributed by atoms with Crippen molar-refractivity contribution in [1.29, 1.82) is 0 Å². The number of amides is 1. The molecule has 0 aliphatic carbocycles. The van der Waals surface area contributed by atoms with Gasteiger partial charge < -0.3 is 14.8 Å². The van der Waals surface area contributed by atoms with Gasteiger partial charge in [0.05, 0.1) is 18.7 Å². The Kier molecular flexibility index (Phi) is 5.46. The Morgan fingerprint density at radius 1 is 1.14 bits per heavy atom. The first-order valence-corrected chi connectivity index (χ1v) is 6.88. The molecule has 0 aliphatic heterocycles. The molecule has 1 amide bonds. The van der Waals surface area contributed by atoms with E-state index in [1.165, 1.54) is 0 Å². The quantitative estimate of drug-likeness (QED) is 0.834. The topological polar surface area (TPSA) is 47.6 Å². The van der Waals surface area contributed by atoms with Gasteiger partial charge in [-0.1, -0.05) is 23.7 Å². The molecule has 110 valence electrons. The number of benzene rings is 2. The molecule has 0 saturated carbocycles. The van der Waals surface area contributed by atoms with E-state index in [0.717, 1.165) is 0 Å². The van der Waals surface area contributed by atoms with Crippen LogP contribution in [0.5, 0.6) is 11.5 Å². The lowest BCUT2D eigenvalue weighted by Crippen LogP contribution is -2.28. The molecular weight excluding hydrogens is 290 g/mol. The molecule has 0 saturated heterocycles. The average Bonchev–Trinajstić information content (AvgIpc) is 2.53. The Balaban J connectivity index is 1.77. The normalized spacial score (nSPS) is 10.0. The molecule has 1 N–H and O–H groups in total. The maximum absolute atomic E-state index is 11.9. The smallest absolute Gasteiger partial charge is 0.251 e. The minimum atomic E-state index is -0.152. The second-order valence-corrected chi connectivity index (χ2v) is 4.67. The molecule has 21 heavy (non-hydrogen) atoms. The summed E-state index contributed by atoms with van der Waals surface area (Å²) in [4.78, 5) is 11.9. The van der Waals surface area contributed by atoms with E-state index in [1.807, 2.05) is 12.1 Å². The molecule has 0 aliphatic rings. The van der Waals surface area contributed by atoms with E-state index < -0.39 is 0 Å². The third-order valence-corrected chi connectivity index (χ3v) is 3.15. The molecule has 2 aromatic rings. The third kappa shape index (κ3) is 4.39. The monoisotopic (exact) mass is 305 g/mol. The molecule has 0 aromatic heterocycles. The Morgan fingerprint density at radius 2 is 1.86 bits per heavy atom. The van der Waals surface area contributed by atoms with Crippen LogP contribution in [0.1, 0.15) is 10.4 Å². The fraction of sp³-hybridized carbons (Fsp3) is 0.188. The zero-order valence-electron chi connectivity index (χ0n) is 11.6. The summed E-state index contributed by atoms with van der Waals surface area (Å²) < 4.78 is 10.5. The summed E-state index contributed by atoms with van der Waals surface area (Å²) in [5, 5.41) is 3.33. The van der Waals surface area contributed by atoms with Gasteiger partial charge in [0.2, 0.25) is 0 Å². The summed E-state index contributed by atoms with van der Waals surface area (Å²) in [5.74, 6) is 1.17. The Bertz CT molecular complexity index is 599. The number of carbonyl (C=O) groups excluding carboxylic acids is 1. The van der Waals surface area contributed by atoms with Gasteiger partial charge in [-0.15, -0.1) is 0 Å². The van der Waals surface area contributed by atoms with E-state index in [9.17, 15) is 4.79 Å². The van der Waals surface area contributed by atoms with Crippen molar-refractivity contribution < 1.29 is 14.3 Å². The van der Waals surface area contributed by atoms with E-state index in [0.29, 0.717) is 35.2 Å². The molecule has 0 atom stereocenters. The van der Waals surface area contributed by atoms with Gasteiger partial charge in [0, 0.05) is 5.56 Å². The minimum Gasteiger partial charge on any atom is -0.497 e. The zero-order chi connectivity index (χ0) is 15.1. The van der Waals surface area contributed by atoms with Gasteiger partial charge in [-0.3, -0.25) is 4.79 Å². The molecule has 2 rings (SSSR count). The van der Waals surface area contributed by atoms with Gasteiger partial charge in [0.25, 0.3) is 5.91 Å². The van der Waals surface area contributed by atoms with Crippen molar-refractivity contribution in [2.45, 2.75) is 0 Å². The number of hydrogen-bond acceptors (Lipinski definition) is 3. The van der Waals surface area contributed by atoms with Gasteiger partial charge in [-0.2, -0.15) is 0 Å². The maximum Gasteiger partial charge on any atom is 0.251 e. The highest BCUT2D eigenvalue weighted by atomic mass is 35.5. The van der Waals surface area contributed by atoms with Crippen LogP contribution in [0.25, 0.3) is 0 Å². The first kappa shape index (κ1) is 15.2. The van der Waals surface area contributed by atoms with E-state index in [2.05, 4.69) is 5.32 Å². The molecule has 2 aromatic carbocycles. The number of halogens is 1. The molecule has 5 heteroatoms. The largest absolute Gasteiger partial charge is 0.497 e. The highest BCUT2D eigenvalue weighted by Gasteiger charge is 2.05. The van der Waals surface area contributed by atoms with Crippen molar-refractivity contribution >= 4 is 17.5 Å². The van der Waals surface area contributed by atoms with E-state index in [1.54, 1.807) is 43.5 Å². The van der Waals surface area contributed by atoms with Crippen LogP contribution < -0.4 is 14.8 Å². The predicted octanol–water partition coefficient (Wildman–Crippen LogP) is 3.16. The van der Waals surface area contributed by atoms with Crippen LogP contribution in [0.3, 0.4) is 0 Å². The zero-order valence-corrected chi connectivity index (χ0v) is 12.4. The summed E-state index contributed by atoms with van der Waals surface area (Å²) >= 11 is 5.97. The number of carbonyl (C=O) groups is 1. The summed E-state index contributed by atoms with van der Waals surface area (Å²) in [7, 11) is 1.58. The number of para-hydroxylation sites is 1. The second-order valence-electron chi connectivity index (χ2n) is 4.26. The lowest BCUT2D eigenvalue weighted by molar-refractivity contribution is 0.0947. The minimum absolute atomic E-state index is 0.152. The maximum atomic E-state index is 11.9. The molecule has 0 unspecified atom stereocenters. The fourth-order valence-corrected chi connectivity index (χ4v) is 1.92. The van der Waals surface area contributed by atoms with E-state index in [4.69, 9.17) is 21.1 Å². The number of nitrogens with one attached hydrogen (secondary N) is 1. The Morgan fingerprint density at radius 3 is 2.52 bits per heavy atom. The molecule has 0 radical (unpaired) electrons. The molecular formula is C16H16ClNO3. The molecule has 0 spiro atoms. The van der Waals surface area contributed by atoms with Crippen LogP contribution in [0, 0.1) is 0 Å². The van der Waals surface area contributed by atoms with Gasteiger partial charge in [-0.05, 0) is 36.4 Å². The average molecular weight is 306 g/mol. The predicted molar refractivity (Wildman–Crippen MR) is 82.3 cm³/mol. The van der Waals surface area contributed by atoms with Crippen molar-refractivity contribution in [3.05, 3.63) is 59.1 Å². The summed E-state index contributed by atoms with van der Waals surface area (Å²) in [5.41, 5.74) is 0.577. The van der Waals surface area contributed by atoms with Crippen LogP contribution in [0.4, 0.5) is 0 Å². The standard InChI is InChI=1S/C16H16ClNO3/c1-20-13-8-6-12(7-9-13)16(19)18-10-11-21-15-5-3-2-4-14(15)17/h2-9H,10-11H2,1H3,(H,18,19). The molecule has 0 bridgehead atoms. The number of methoxy groups -OCH3 is 1. The first-order chi connectivity index (χ1) is 10.2. The molecule has 0 fully saturated rings. The number of rotatable bonds is 6. The van der Waals surface area contributed by atoms with Crippen molar-refractivity contribution in [3.8, 4) is 11.5 Å². The molecule has 0 heterocycles. The van der Waals surface area contributed by atoms with E-state index in [-0.39, 0.29) is 5.91 Å². The van der Waals surface area contributed by atoms with Crippen LogP contribution >= 0.6 is 11.6 Å². The third-order valence-electron chi connectivity index (χ3n) is 2.83. The van der Waals surface area contributed by atoms with Crippen LogP contribution in [0.15, 0.2) is 48.5 Å². The Hall–Kier alpha value is -2.20. The van der Waals surface area contributed by atoms with Crippen molar-refractivity contribution in [2.75, 3.05) is 20.3 Å². The SMILES string of the molecule is COc1ccc(C(=O)NCCOc2ccccc2Cl)cc1. The van der Waals surface area contributed by atoms with Crippen LogP contribution in [0.2, 0.25) is 5.02 Å². The van der Waals surface area contributed by atoms with Crippen molar-refractivity contribution in [2.24, 2.45) is 0 Å². The summed E-state index contributed by atoms with van der Waals surface area (Å²) in [6, 6.07) is 14.1. The lowest BCUT2D eigenvalue weighted by Gasteiger charge is -2.09. The fourth-order valence-electron chi connectivity index (χ4n) is 1.73. The summed E-state index contributed by atoms with van der Waals surface area (Å²) in [6.45, 7) is 0.752.